The highest BCUT2D eigenvalue weighted by Gasteiger charge is 2.51. The highest BCUT2D eigenvalue weighted by atomic mass is 16.5. The van der Waals surface area contributed by atoms with Crippen molar-refractivity contribution in [2.24, 2.45) is 5.73 Å². The van der Waals surface area contributed by atoms with Gasteiger partial charge in [0.15, 0.2) is 5.54 Å². The van der Waals surface area contributed by atoms with E-state index in [1.54, 1.807) is 6.08 Å². The number of hydrogen-bond acceptors (Lipinski definition) is 5. The number of benzene rings is 1. The number of carbonyl (C=O) groups is 1. The summed E-state index contributed by atoms with van der Waals surface area (Å²) in [5.41, 5.74) is 5.45. The Morgan fingerprint density at radius 2 is 2.20 bits per heavy atom. The molecule has 3 N–H and O–H groups in total. The molecule has 1 aliphatic heterocycles. The third kappa shape index (κ3) is 2.75. The molecular weight excluding hydrogens is 258 g/mol. The van der Waals surface area contributed by atoms with Crippen LogP contribution in [0.15, 0.2) is 36.4 Å². The van der Waals surface area contributed by atoms with E-state index in [0.29, 0.717) is 13.0 Å². The fourth-order valence-corrected chi connectivity index (χ4v) is 2.28. The summed E-state index contributed by atoms with van der Waals surface area (Å²) in [6.45, 7) is 0.348. The minimum atomic E-state index is -1.57. The molecule has 0 aliphatic carbocycles. The maximum atomic E-state index is 11.9. The molecule has 0 unspecified atom stereocenters. The number of carbonyl (C=O) groups excluding carboxylic acids is 1. The Labute approximate surface area is 118 Å². The highest BCUT2D eigenvalue weighted by molar-refractivity contribution is 5.83. The summed E-state index contributed by atoms with van der Waals surface area (Å²) >= 11 is 0. The first-order valence-corrected chi connectivity index (χ1v) is 6.49. The Bertz CT molecular complexity index is 488. The smallest absolute Gasteiger partial charge is 0.331 e. The van der Waals surface area contributed by atoms with Gasteiger partial charge in [-0.05, 0) is 12.0 Å². The molecule has 0 amide bonds. The molecule has 20 heavy (non-hydrogen) atoms. The standard InChI is InChI=1S/C15H19NO4/c1-19-14(18)15(16)12(17)9-10-20-13(15)8-7-11-5-3-2-4-6-11/h2-8,12-13,17H,9-10,16H2,1H3/b8-7+/t12-,13-,15+/m1/s1. The van der Waals surface area contributed by atoms with E-state index in [4.69, 9.17) is 15.2 Å². The maximum absolute atomic E-state index is 11.9. The van der Waals surface area contributed by atoms with Crippen LogP contribution < -0.4 is 5.73 Å². The number of aliphatic hydroxyl groups is 1. The van der Waals surface area contributed by atoms with E-state index in [9.17, 15) is 9.90 Å². The zero-order valence-corrected chi connectivity index (χ0v) is 11.4. The van der Waals surface area contributed by atoms with E-state index in [-0.39, 0.29) is 0 Å². The number of nitrogens with two attached hydrogens (primary N) is 1. The van der Waals surface area contributed by atoms with Crippen molar-refractivity contribution in [2.45, 2.75) is 24.2 Å². The molecule has 0 radical (unpaired) electrons. The molecule has 0 bridgehead atoms. The lowest BCUT2D eigenvalue weighted by Crippen LogP contribution is -2.67. The second kappa shape index (κ2) is 6.17. The van der Waals surface area contributed by atoms with Gasteiger partial charge in [0.25, 0.3) is 0 Å². The third-order valence-electron chi connectivity index (χ3n) is 3.51. The van der Waals surface area contributed by atoms with Crippen LogP contribution in [0.25, 0.3) is 6.08 Å². The van der Waals surface area contributed by atoms with Gasteiger partial charge in [-0.3, -0.25) is 0 Å². The van der Waals surface area contributed by atoms with Crippen molar-refractivity contribution in [3.8, 4) is 0 Å². The first-order valence-electron chi connectivity index (χ1n) is 6.49. The summed E-state index contributed by atoms with van der Waals surface area (Å²) < 4.78 is 10.2. The summed E-state index contributed by atoms with van der Waals surface area (Å²) in [5.74, 6) is -0.674. The van der Waals surface area contributed by atoms with Crippen molar-refractivity contribution in [3.63, 3.8) is 0 Å². The van der Waals surface area contributed by atoms with Crippen LogP contribution in [-0.2, 0) is 14.3 Å². The van der Waals surface area contributed by atoms with Gasteiger partial charge in [-0.15, -0.1) is 0 Å². The Morgan fingerprint density at radius 1 is 1.50 bits per heavy atom. The molecule has 1 heterocycles. The van der Waals surface area contributed by atoms with Gasteiger partial charge >= 0.3 is 5.97 Å². The summed E-state index contributed by atoms with van der Waals surface area (Å²) in [4.78, 5) is 11.9. The van der Waals surface area contributed by atoms with Crippen molar-refractivity contribution in [3.05, 3.63) is 42.0 Å². The summed E-state index contributed by atoms with van der Waals surface area (Å²) in [5, 5.41) is 10.1. The predicted octanol–water partition coefficient (Wildman–Crippen LogP) is 0.720. The lowest BCUT2D eigenvalue weighted by molar-refractivity contribution is -0.167. The fourth-order valence-electron chi connectivity index (χ4n) is 2.28. The first-order chi connectivity index (χ1) is 9.59. The van der Waals surface area contributed by atoms with Crippen molar-refractivity contribution >= 4 is 12.0 Å². The molecule has 1 fully saturated rings. The zero-order valence-electron chi connectivity index (χ0n) is 11.4. The molecule has 2 rings (SSSR count). The lowest BCUT2D eigenvalue weighted by atomic mass is 9.83. The van der Waals surface area contributed by atoms with Gasteiger partial charge in [0.05, 0.1) is 19.8 Å². The molecule has 1 aromatic rings. The number of methoxy groups -OCH3 is 1. The Kier molecular flexibility index (Phi) is 4.54. The Morgan fingerprint density at radius 3 is 2.85 bits per heavy atom. The molecule has 1 saturated heterocycles. The fraction of sp³-hybridized carbons (Fsp3) is 0.400. The highest BCUT2D eigenvalue weighted by Crippen LogP contribution is 2.26. The van der Waals surface area contributed by atoms with Gasteiger partial charge in [0.1, 0.15) is 6.10 Å². The molecule has 5 nitrogen and oxygen atoms in total. The van der Waals surface area contributed by atoms with Crippen molar-refractivity contribution in [1.82, 2.24) is 0 Å². The van der Waals surface area contributed by atoms with Crippen molar-refractivity contribution in [1.29, 1.82) is 0 Å². The van der Waals surface area contributed by atoms with Crippen LogP contribution in [0.5, 0.6) is 0 Å². The number of rotatable bonds is 3. The molecule has 0 aromatic heterocycles. The van der Waals surface area contributed by atoms with Crippen molar-refractivity contribution < 1.29 is 19.4 Å². The van der Waals surface area contributed by atoms with E-state index in [0.717, 1.165) is 5.56 Å². The van der Waals surface area contributed by atoms with Crippen LogP contribution in [0.4, 0.5) is 0 Å². The summed E-state index contributed by atoms with van der Waals surface area (Å²) in [6.07, 6.45) is 2.09. The van der Waals surface area contributed by atoms with Crippen LogP contribution in [0.2, 0.25) is 0 Å². The van der Waals surface area contributed by atoms with Crippen LogP contribution in [-0.4, -0.2) is 42.5 Å². The molecule has 3 atom stereocenters. The molecule has 108 valence electrons. The third-order valence-corrected chi connectivity index (χ3v) is 3.51. The van der Waals surface area contributed by atoms with Crippen molar-refractivity contribution in [2.75, 3.05) is 13.7 Å². The van der Waals surface area contributed by atoms with Crippen LogP contribution >= 0.6 is 0 Å². The van der Waals surface area contributed by atoms with Gasteiger partial charge in [-0.1, -0.05) is 42.5 Å². The Hall–Kier alpha value is -1.69. The minimum Gasteiger partial charge on any atom is -0.467 e. The topological polar surface area (TPSA) is 81.8 Å². The molecule has 5 heteroatoms. The number of esters is 1. The summed E-state index contributed by atoms with van der Waals surface area (Å²) in [6, 6.07) is 9.58. The predicted molar refractivity (Wildman–Crippen MR) is 74.8 cm³/mol. The van der Waals surface area contributed by atoms with Gasteiger partial charge in [-0.25, -0.2) is 4.79 Å². The van der Waals surface area contributed by atoms with E-state index in [2.05, 4.69) is 0 Å². The monoisotopic (exact) mass is 277 g/mol. The second-order valence-corrected chi connectivity index (χ2v) is 4.79. The van der Waals surface area contributed by atoms with Crippen LogP contribution in [0.1, 0.15) is 12.0 Å². The van der Waals surface area contributed by atoms with E-state index in [1.807, 2.05) is 36.4 Å². The van der Waals surface area contributed by atoms with E-state index in [1.165, 1.54) is 7.11 Å². The van der Waals surface area contributed by atoms with Crippen LogP contribution in [0, 0.1) is 0 Å². The van der Waals surface area contributed by atoms with Gasteiger partial charge in [0.2, 0.25) is 0 Å². The van der Waals surface area contributed by atoms with Gasteiger partial charge in [0, 0.05) is 0 Å². The maximum Gasteiger partial charge on any atom is 0.331 e. The molecule has 0 spiro atoms. The van der Waals surface area contributed by atoms with Gasteiger partial charge in [-0.2, -0.15) is 0 Å². The molecule has 0 saturated carbocycles. The average molecular weight is 277 g/mol. The number of hydrogen-bond donors (Lipinski definition) is 2. The molecule has 1 aromatic carbocycles. The minimum absolute atomic E-state index is 0.307. The van der Waals surface area contributed by atoms with E-state index >= 15 is 0 Å². The van der Waals surface area contributed by atoms with E-state index < -0.39 is 23.7 Å². The quantitative estimate of drug-likeness (QED) is 0.796. The number of aliphatic hydroxyl groups excluding tert-OH is 1. The SMILES string of the molecule is COC(=O)[C@]1(N)[C@H](O)CCO[C@@H]1/C=C/c1ccccc1. The second-order valence-electron chi connectivity index (χ2n) is 4.79. The largest absolute Gasteiger partial charge is 0.467 e. The lowest BCUT2D eigenvalue weighted by Gasteiger charge is -2.40. The van der Waals surface area contributed by atoms with Crippen LogP contribution in [0.3, 0.4) is 0 Å². The normalized spacial score (nSPS) is 30.4. The zero-order chi connectivity index (χ0) is 14.6. The first kappa shape index (κ1) is 14.7. The number of ether oxygens (including phenoxy) is 2. The Balaban J connectivity index is 2.23. The summed E-state index contributed by atoms with van der Waals surface area (Å²) in [7, 11) is 1.25. The molecule has 1 aliphatic rings. The average Bonchev–Trinajstić information content (AvgIpc) is 2.49. The molecular formula is C15H19NO4. The van der Waals surface area contributed by atoms with Gasteiger partial charge < -0.3 is 20.3 Å².